The molecule has 14 atom stereocenters. The van der Waals surface area contributed by atoms with Crippen LogP contribution in [0, 0.1) is 40.4 Å². The second-order valence-corrected chi connectivity index (χ2v) is 11.6. The van der Waals surface area contributed by atoms with Crippen molar-refractivity contribution < 1.29 is 39.1 Å². The van der Waals surface area contributed by atoms with E-state index in [1.807, 2.05) is 0 Å². The van der Waals surface area contributed by atoms with E-state index in [0.717, 1.165) is 0 Å². The maximum atomic E-state index is 13.9. The Labute approximate surface area is 194 Å². The van der Waals surface area contributed by atoms with Gasteiger partial charge in [0.2, 0.25) is 0 Å². The first-order chi connectivity index (χ1) is 15.7. The molecule has 9 nitrogen and oxygen atoms in total. The summed E-state index contributed by atoms with van der Waals surface area (Å²) >= 11 is 0. The first-order valence-corrected chi connectivity index (χ1v) is 12.1. The molecule has 0 radical (unpaired) electrons. The van der Waals surface area contributed by atoms with Crippen LogP contribution in [0.3, 0.4) is 0 Å². The topological polar surface area (TPSA) is 118 Å². The molecule has 0 unspecified atom stereocenters. The zero-order valence-electron chi connectivity index (χ0n) is 20.0. The monoisotopic (exact) mass is 467 g/mol. The van der Waals surface area contributed by atoms with Gasteiger partial charge in [-0.25, -0.2) is 0 Å². The predicted octanol–water partition coefficient (Wildman–Crippen LogP) is -1.08. The Kier molecular flexibility index (Phi) is 4.82. The molecule has 1 aliphatic heterocycles. The van der Waals surface area contributed by atoms with E-state index in [2.05, 4.69) is 11.9 Å². The van der Waals surface area contributed by atoms with Crippen molar-refractivity contribution >= 4 is 5.78 Å². The molecule has 0 aromatic heterocycles. The second kappa shape index (κ2) is 6.97. The number of fused-ring (bicyclic) bond motifs is 2. The highest BCUT2D eigenvalue weighted by Crippen LogP contribution is 2.78. The van der Waals surface area contributed by atoms with Crippen molar-refractivity contribution in [2.75, 3.05) is 48.6 Å². The molecule has 33 heavy (non-hydrogen) atoms. The van der Waals surface area contributed by atoms with Crippen LogP contribution in [-0.2, 0) is 23.7 Å². The number of carbonyl (C=O) groups excluding carboxylic acids is 1. The number of aliphatic hydroxyl groups is 3. The van der Waals surface area contributed by atoms with E-state index in [1.54, 1.807) is 21.3 Å². The number of hydrogen-bond acceptors (Lipinski definition) is 9. The van der Waals surface area contributed by atoms with Gasteiger partial charge in [-0.1, -0.05) is 0 Å². The van der Waals surface area contributed by atoms with Gasteiger partial charge in [-0.05, 0) is 19.4 Å². The third-order valence-corrected chi connectivity index (χ3v) is 11.0. The molecule has 0 aromatic carbocycles. The summed E-state index contributed by atoms with van der Waals surface area (Å²) in [6.07, 6.45) is -2.66. The maximum absolute atomic E-state index is 13.9. The van der Waals surface area contributed by atoms with E-state index in [0.29, 0.717) is 19.6 Å². The number of aliphatic hydroxyl groups excluding tert-OH is 2. The van der Waals surface area contributed by atoms with E-state index in [9.17, 15) is 20.1 Å². The number of piperidine rings is 1. The summed E-state index contributed by atoms with van der Waals surface area (Å²) < 4.78 is 23.7. The standard InChI is InChI=1S/C24H37NO8/c1-25-8-22(9-30-2)11(26)6-12(31-3)24-10-7-23(29)20(28)13(10)14(16(27)21(23)33-5)15(19(24)25)17(32-4)18(22)24/h10-15,17-21,26,28-29H,6-9H2,1-5H3/t10-,11-,12+,13+,14+,15-,17+,18-,19-,20-,21-,22+,23+,24+/m1/s1. The fourth-order valence-corrected chi connectivity index (χ4v) is 10.7. The molecule has 5 aliphatic carbocycles. The lowest BCUT2D eigenvalue weighted by Gasteiger charge is -2.68. The van der Waals surface area contributed by atoms with Crippen molar-refractivity contribution in [3.05, 3.63) is 0 Å². The van der Waals surface area contributed by atoms with Crippen LogP contribution in [0.4, 0.5) is 0 Å². The number of Topliss-reactive ketones (excluding diaryl/α,β-unsaturated/α-hetero) is 1. The molecule has 7 bridgehead atoms. The van der Waals surface area contributed by atoms with E-state index in [4.69, 9.17) is 18.9 Å². The van der Waals surface area contributed by atoms with Crippen LogP contribution in [0.1, 0.15) is 12.8 Å². The van der Waals surface area contributed by atoms with Crippen molar-refractivity contribution in [1.29, 1.82) is 0 Å². The molecular formula is C24H37NO8. The van der Waals surface area contributed by atoms with Crippen molar-refractivity contribution in [1.82, 2.24) is 4.90 Å². The Morgan fingerprint density at radius 2 is 1.82 bits per heavy atom. The number of methoxy groups -OCH3 is 4. The molecule has 6 fully saturated rings. The van der Waals surface area contributed by atoms with Gasteiger partial charge in [-0.15, -0.1) is 0 Å². The summed E-state index contributed by atoms with van der Waals surface area (Å²) in [7, 11) is 8.52. The van der Waals surface area contributed by atoms with Crippen LogP contribution in [0.15, 0.2) is 0 Å². The van der Waals surface area contributed by atoms with Crippen molar-refractivity contribution in [3.8, 4) is 0 Å². The van der Waals surface area contributed by atoms with E-state index in [-0.39, 0.29) is 48.2 Å². The van der Waals surface area contributed by atoms with Crippen LogP contribution < -0.4 is 0 Å². The van der Waals surface area contributed by atoms with Gasteiger partial charge in [0.05, 0.1) is 31.0 Å². The summed E-state index contributed by atoms with van der Waals surface area (Å²) in [4.78, 5) is 16.1. The van der Waals surface area contributed by atoms with Gasteiger partial charge < -0.3 is 39.2 Å². The van der Waals surface area contributed by atoms with E-state index >= 15 is 0 Å². The van der Waals surface area contributed by atoms with Crippen LogP contribution in [0.25, 0.3) is 0 Å². The van der Waals surface area contributed by atoms with Gasteiger partial charge in [0, 0.05) is 81.9 Å². The molecule has 9 heteroatoms. The SMILES string of the molecule is COC[C@]12CN(C)[C@@H]3[C@H]4[C@H](OC)[C@H]1[C@@]3([C@@H](OC)C[C@H]2O)[C@@H]1C[C@@]2(O)[C@H](OC)C(=O)[C@H]4[C@H]1[C@H]2O. The number of carbonyl (C=O) groups is 1. The fraction of sp³-hybridized carbons (Fsp3) is 0.958. The van der Waals surface area contributed by atoms with Gasteiger partial charge in [-0.2, -0.15) is 0 Å². The smallest absolute Gasteiger partial charge is 0.168 e. The molecule has 1 spiro atoms. The van der Waals surface area contributed by atoms with Crippen molar-refractivity contribution in [3.63, 3.8) is 0 Å². The molecule has 0 amide bonds. The van der Waals surface area contributed by atoms with Crippen LogP contribution in [0.2, 0.25) is 0 Å². The first-order valence-electron chi connectivity index (χ1n) is 12.1. The van der Waals surface area contributed by atoms with Gasteiger partial charge in [0.1, 0.15) is 11.7 Å². The van der Waals surface area contributed by atoms with Crippen LogP contribution >= 0.6 is 0 Å². The maximum Gasteiger partial charge on any atom is 0.168 e. The molecule has 1 heterocycles. The lowest BCUT2D eigenvalue weighted by atomic mass is 9.43. The van der Waals surface area contributed by atoms with E-state index < -0.39 is 46.6 Å². The highest BCUT2D eigenvalue weighted by atomic mass is 16.5. The minimum Gasteiger partial charge on any atom is -0.392 e. The summed E-state index contributed by atoms with van der Waals surface area (Å²) in [6, 6.07) is -0.0322. The fourth-order valence-electron chi connectivity index (χ4n) is 10.7. The van der Waals surface area contributed by atoms with Crippen molar-refractivity contribution in [2.24, 2.45) is 40.4 Å². The zero-order chi connectivity index (χ0) is 23.7. The van der Waals surface area contributed by atoms with E-state index in [1.165, 1.54) is 7.11 Å². The van der Waals surface area contributed by atoms with Crippen molar-refractivity contribution in [2.45, 2.75) is 55.0 Å². The summed E-state index contributed by atoms with van der Waals surface area (Å²) in [5.41, 5.74) is -2.72. The summed E-state index contributed by atoms with van der Waals surface area (Å²) in [5.74, 6) is -1.51. The Morgan fingerprint density at radius 1 is 1.09 bits per heavy atom. The average Bonchev–Trinajstić information content (AvgIpc) is 3.11. The molecule has 5 saturated carbocycles. The third-order valence-electron chi connectivity index (χ3n) is 11.0. The number of hydrogen-bond donors (Lipinski definition) is 3. The number of ether oxygens (including phenoxy) is 4. The zero-order valence-corrected chi connectivity index (χ0v) is 20.0. The summed E-state index contributed by atoms with van der Waals surface area (Å²) in [6.45, 7) is 0.995. The van der Waals surface area contributed by atoms with Crippen LogP contribution in [0.5, 0.6) is 0 Å². The number of ketones is 1. The van der Waals surface area contributed by atoms with Crippen LogP contribution in [-0.4, -0.2) is 117 Å². The number of likely N-dealkylation sites (tertiary alicyclic amines) is 1. The third kappa shape index (κ3) is 2.18. The highest BCUT2D eigenvalue weighted by molar-refractivity contribution is 5.90. The molecule has 186 valence electrons. The number of rotatable bonds is 5. The molecule has 6 rings (SSSR count). The van der Waals surface area contributed by atoms with Gasteiger partial charge in [0.25, 0.3) is 0 Å². The number of nitrogens with zero attached hydrogens (tertiary/aromatic N) is 1. The Balaban J connectivity index is 1.65. The highest BCUT2D eigenvalue weighted by Gasteiger charge is 2.87. The normalized spacial score (nSPS) is 61.0. The van der Waals surface area contributed by atoms with Gasteiger partial charge in [0.15, 0.2) is 5.78 Å². The molecule has 0 aromatic rings. The predicted molar refractivity (Wildman–Crippen MR) is 114 cm³/mol. The minimum absolute atomic E-state index is 0.0322. The lowest BCUT2D eigenvalue weighted by molar-refractivity contribution is -0.277. The minimum atomic E-state index is -1.62. The average molecular weight is 468 g/mol. The first kappa shape index (κ1) is 22.8. The lowest BCUT2D eigenvalue weighted by Crippen LogP contribution is -2.76. The second-order valence-electron chi connectivity index (χ2n) is 11.6. The summed E-state index contributed by atoms with van der Waals surface area (Å²) in [5, 5.41) is 34.7. The van der Waals surface area contributed by atoms with Gasteiger partial charge >= 0.3 is 0 Å². The largest absolute Gasteiger partial charge is 0.392 e. The Bertz CT molecular complexity index is 856. The molecule has 1 saturated heterocycles. The quantitative estimate of drug-likeness (QED) is 0.464. The molecule has 3 N–H and O–H groups in total. The molecular weight excluding hydrogens is 430 g/mol. The Hall–Kier alpha value is -0.650. The van der Waals surface area contributed by atoms with Gasteiger partial charge in [-0.3, -0.25) is 4.79 Å². The molecule has 6 aliphatic rings. The Morgan fingerprint density at radius 3 is 2.42 bits per heavy atom.